The lowest BCUT2D eigenvalue weighted by Gasteiger charge is -2.39. The molecule has 9 heteroatoms. The predicted octanol–water partition coefficient (Wildman–Crippen LogP) is 4.41. The minimum absolute atomic E-state index is 0.0383. The van der Waals surface area contributed by atoms with Crippen molar-refractivity contribution >= 4 is 40.5 Å². The Hall–Kier alpha value is -2.51. The van der Waals surface area contributed by atoms with Gasteiger partial charge in [0.15, 0.2) is 5.60 Å². The molecule has 1 aliphatic rings. The quantitative estimate of drug-likeness (QED) is 0.511. The van der Waals surface area contributed by atoms with E-state index in [1.165, 1.54) is 6.07 Å². The molecule has 0 unspecified atom stereocenters. The summed E-state index contributed by atoms with van der Waals surface area (Å²) >= 11 is 12.1. The molecule has 0 N–H and O–H groups in total. The van der Waals surface area contributed by atoms with E-state index in [1.807, 2.05) is 4.90 Å². The predicted molar refractivity (Wildman–Crippen MR) is 113 cm³/mol. The summed E-state index contributed by atoms with van der Waals surface area (Å²) in [5, 5.41) is 12.3. The molecule has 1 saturated heterocycles. The number of ether oxygens (including phenoxy) is 1. The van der Waals surface area contributed by atoms with E-state index >= 15 is 0 Å². The minimum atomic E-state index is -1.06. The van der Waals surface area contributed by atoms with Crippen LogP contribution in [0.2, 0.25) is 10.0 Å². The third-order valence-corrected chi connectivity index (χ3v) is 5.30. The van der Waals surface area contributed by atoms with E-state index in [4.69, 9.17) is 27.9 Å². The second-order valence-corrected chi connectivity index (χ2v) is 8.05. The summed E-state index contributed by atoms with van der Waals surface area (Å²) in [6.45, 7) is 5.13. The Kier molecular flexibility index (Phi) is 6.19. The maximum atomic E-state index is 13.0. The van der Waals surface area contributed by atoms with E-state index in [9.17, 15) is 14.9 Å². The van der Waals surface area contributed by atoms with Crippen LogP contribution in [0, 0.1) is 10.1 Å². The summed E-state index contributed by atoms with van der Waals surface area (Å²) < 4.78 is 5.88. The van der Waals surface area contributed by atoms with E-state index in [1.54, 1.807) is 55.1 Å². The maximum absolute atomic E-state index is 13.0. The van der Waals surface area contributed by atoms with Gasteiger partial charge in [-0.1, -0.05) is 29.3 Å². The van der Waals surface area contributed by atoms with Crippen molar-refractivity contribution in [1.29, 1.82) is 0 Å². The largest absolute Gasteiger partial charge is 0.478 e. The molecule has 0 aromatic heterocycles. The van der Waals surface area contributed by atoms with Gasteiger partial charge in [0, 0.05) is 37.3 Å². The summed E-state index contributed by atoms with van der Waals surface area (Å²) in [4.78, 5) is 27.5. The molecule has 0 atom stereocenters. The molecule has 7 nitrogen and oxygen atoms in total. The Morgan fingerprint density at radius 1 is 1.07 bits per heavy atom. The Balaban J connectivity index is 1.68. The molecule has 0 aliphatic carbocycles. The van der Waals surface area contributed by atoms with Gasteiger partial charge in [-0.3, -0.25) is 14.9 Å². The van der Waals surface area contributed by atoms with Gasteiger partial charge in [-0.15, -0.1) is 0 Å². The summed E-state index contributed by atoms with van der Waals surface area (Å²) in [5.41, 5.74) is -0.710. The van der Waals surface area contributed by atoms with Crippen LogP contribution >= 0.6 is 23.2 Å². The number of hydrogen-bond donors (Lipinski definition) is 0. The Morgan fingerprint density at radius 3 is 2.28 bits per heavy atom. The molecule has 29 heavy (non-hydrogen) atoms. The van der Waals surface area contributed by atoms with E-state index < -0.39 is 10.5 Å². The molecule has 0 spiro atoms. The van der Waals surface area contributed by atoms with Crippen LogP contribution in [-0.4, -0.2) is 47.5 Å². The fourth-order valence-electron chi connectivity index (χ4n) is 3.32. The average Bonchev–Trinajstić information content (AvgIpc) is 2.69. The fourth-order valence-corrected chi connectivity index (χ4v) is 3.73. The molecule has 1 aliphatic heterocycles. The first-order chi connectivity index (χ1) is 13.7. The molecular formula is C20H21Cl2N3O4. The van der Waals surface area contributed by atoms with Gasteiger partial charge in [-0.05, 0) is 44.2 Å². The average molecular weight is 438 g/mol. The molecule has 1 amide bonds. The molecule has 1 fully saturated rings. The molecule has 2 aromatic carbocycles. The second-order valence-electron chi connectivity index (χ2n) is 7.21. The molecule has 3 rings (SSSR count). The number of carbonyl (C=O) groups is 1. The van der Waals surface area contributed by atoms with Crippen molar-refractivity contribution < 1.29 is 14.5 Å². The zero-order valence-corrected chi connectivity index (χ0v) is 17.6. The van der Waals surface area contributed by atoms with Crippen molar-refractivity contribution in [2.75, 3.05) is 31.1 Å². The summed E-state index contributed by atoms with van der Waals surface area (Å²) in [6, 6.07) is 11.4. The first kappa shape index (κ1) is 21.2. The van der Waals surface area contributed by atoms with Crippen molar-refractivity contribution in [1.82, 2.24) is 4.90 Å². The van der Waals surface area contributed by atoms with Gasteiger partial charge in [0.1, 0.15) is 11.4 Å². The highest BCUT2D eigenvalue weighted by Crippen LogP contribution is 2.36. The topological polar surface area (TPSA) is 75.9 Å². The van der Waals surface area contributed by atoms with Gasteiger partial charge in [0.2, 0.25) is 0 Å². The molecular weight excluding hydrogens is 417 g/mol. The van der Waals surface area contributed by atoms with Crippen LogP contribution in [0.4, 0.5) is 11.4 Å². The van der Waals surface area contributed by atoms with Crippen LogP contribution in [0.25, 0.3) is 0 Å². The van der Waals surface area contributed by atoms with Crippen LogP contribution in [0.15, 0.2) is 42.5 Å². The lowest BCUT2D eigenvalue weighted by molar-refractivity contribution is -0.384. The molecule has 0 saturated carbocycles. The number of para-hydroxylation sites is 1. The number of rotatable bonds is 5. The molecule has 0 radical (unpaired) electrons. The van der Waals surface area contributed by atoms with Gasteiger partial charge >= 0.3 is 0 Å². The standard InChI is InChI=1S/C20H21Cl2N3O4/c1-20(2,29-15-8-6-14(21)7-9-15)19(26)24-12-10-23(11-13-24)18-16(22)4-3-5-17(18)25(27)28/h3-9H,10-13H2,1-2H3. The number of amides is 1. The second kappa shape index (κ2) is 8.47. The molecule has 2 aromatic rings. The van der Waals surface area contributed by atoms with E-state index in [0.29, 0.717) is 47.7 Å². The normalized spacial score (nSPS) is 14.6. The van der Waals surface area contributed by atoms with E-state index in [2.05, 4.69) is 0 Å². The maximum Gasteiger partial charge on any atom is 0.294 e. The highest BCUT2D eigenvalue weighted by atomic mass is 35.5. The van der Waals surface area contributed by atoms with Crippen LogP contribution in [0.1, 0.15) is 13.8 Å². The summed E-state index contributed by atoms with van der Waals surface area (Å²) in [6.07, 6.45) is 0. The molecule has 1 heterocycles. The highest BCUT2D eigenvalue weighted by Gasteiger charge is 2.36. The third kappa shape index (κ3) is 4.74. The Bertz CT molecular complexity index is 910. The number of hydrogen-bond acceptors (Lipinski definition) is 5. The van der Waals surface area contributed by atoms with Gasteiger partial charge in [0.25, 0.3) is 11.6 Å². The summed E-state index contributed by atoms with van der Waals surface area (Å²) in [7, 11) is 0. The summed E-state index contributed by atoms with van der Waals surface area (Å²) in [5.74, 6) is 0.402. The van der Waals surface area contributed by atoms with E-state index in [-0.39, 0.29) is 11.6 Å². The van der Waals surface area contributed by atoms with Crippen molar-refractivity contribution in [3.63, 3.8) is 0 Å². The van der Waals surface area contributed by atoms with Gasteiger partial charge in [-0.25, -0.2) is 0 Å². The molecule has 154 valence electrons. The van der Waals surface area contributed by atoms with Crippen LogP contribution < -0.4 is 9.64 Å². The zero-order valence-electron chi connectivity index (χ0n) is 16.1. The first-order valence-corrected chi connectivity index (χ1v) is 9.86. The number of benzene rings is 2. The zero-order chi connectivity index (χ0) is 21.2. The number of carbonyl (C=O) groups excluding carboxylic acids is 1. The Labute approximate surface area is 178 Å². The number of nitro benzene ring substituents is 1. The van der Waals surface area contributed by atoms with Gasteiger partial charge in [0.05, 0.1) is 9.95 Å². The number of piperazine rings is 1. The lowest BCUT2D eigenvalue weighted by atomic mass is 10.1. The number of anilines is 1. The Morgan fingerprint density at radius 2 is 1.69 bits per heavy atom. The third-order valence-electron chi connectivity index (χ3n) is 4.75. The lowest BCUT2D eigenvalue weighted by Crippen LogP contribution is -2.55. The van der Waals surface area contributed by atoms with Crippen LogP contribution in [-0.2, 0) is 4.79 Å². The number of nitro groups is 1. The van der Waals surface area contributed by atoms with Crippen molar-refractivity contribution in [2.24, 2.45) is 0 Å². The van der Waals surface area contributed by atoms with Crippen molar-refractivity contribution in [3.8, 4) is 5.75 Å². The van der Waals surface area contributed by atoms with Crippen molar-refractivity contribution in [2.45, 2.75) is 19.4 Å². The smallest absolute Gasteiger partial charge is 0.294 e. The van der Waals surface area contributed by atoms with Crippen molar-refractivity contribution in [3.05, 3.63) is 62.6 Å². The number of nitrogens with zero attached hydrogens (tertiary/aromatic N) is 3. The molecule has 0 bridgehead atoms. The van der Waals surface area contributed by atoms with Gasteiger partial charge < -0.3 is 14.5 Å². The van der Waals surface area contributed by atoms with Crippen LogP contribution in [0.5, 0.6) is 5.75 Å². The fraction of sp³-hybridized carbons (Fsp3) is 0.350. The van der Waals surface area contributed by atoms with Crippen LogP contribution in [0.3, 0.4) is 0 Å². The number of halogens is 2. The van der Waals surface area contributed by atoms with Gasteiger partial charge in [-0.2, -0.15) is 0 Å². The monoisotopic (exact) mass is 437 g/mol. The minimum Gasteiger partial charge on any atom is -0.478 e. The highest BCUT2D eigenvalue weighted by molar-refractivity contribution is 6.33. The van der Waals surface area contributed by atoms with E-state index in [0.717, 1.165) is 0 Å². The SMILES string of the molecule is CC(C)(Oc1ccc(Cl)cc1)C(=O)N1CCN(c2c(Cl)cccc2[N+](=O)[O-])CC1. The first-order valence-electron chi connectivity index (χ1n) is 9.11.